The van der Waals surface area contributed by atoms with Crippen molar-refractivity contribution in [2.75, 3.05) is 11.9 Å². The Morgan fingerprint density at radius 2 is 1.90 bits per heavy atom. The number of Topliss-reactive ketones (excluding diaryl/α,β-unsaturated/α-hetero) is 1. The molecule has 0 fully saturated rings. The largest absolute Gasteiger partial charge is 0.342 e. The van der Waals surface area contributed by atoms with E-state index in [1.165, 1.54) is 13.0 Å². The lowest BCUT2D eigenvalue weighted by atomic mass is 10.0. The number of carbonyl (C=O) groups excluding carboxylic acids is 1. The van der Waals surface area contributed by atoms with Gasteiger partial charge < -0.3 is 4.90 Å². The number of para-hydroxylation sites is 1. The Hall–Kier alpha value is -2.67. The molecule has 0 amide bonds. The second-order valence-electron chi connectivity index (χ2n) is 4.41. The summed E-state index contributed by atoms with van der Waals surface area (Å²) in [7, 11) is 1.67. The molecular weight excluding hydrogens is 255 g/mol. The van der Waals surface area contributed by atoms with E-state index in [0.29, 0.717) is 22.5 Å². The predicted octanol–water partition coefficient (Wildman–Crippen LogP) is 3.67. The van der Waals surface area contributed by atoms with Crippen molar-refractivity contribution in [1.82, 2.24) is 0 Å². The first-order valence-corrected chi connectivity index (χ1v) is 6.08. The van der Waals surface area contributed by atoms with E-state index in [9.17, 15) is 9.18 Å². The van der Waals surface area contributed by atoms with Gasteiger partial charge >= 0.3 is 0 Å². The molecule has 0 aromatic heterocycles. The van der Waals surface area contributed by atoms with Gasteiger partial charge in [0.2, 0.25) is 0 Å². The van der Waals surface area contributed by atoms with Crippen LogP contribution in [0, 0.1) is 17.1 Å². The molecule has 0 radical (unpaired) electrons. The van der Waals surface area contributed by atoms with Crippen LogP contribution in [0.2, 0.25) is 0 Å². The molecule has 4 heteroatoms. The molecule has 0 bridgehead atoms. The van der Waals surface area contributed by atoms with Gasteiger partial charge in [0, 0.05) is 12.6 Å². The maximum absolute atomic E-state index is 13.8. The Balaban J connectivity index is 2.59. The SMILES string of the molecule is CC(=O)c1ccc(C#N)cc1N(C)c1ccccc1F. The van der Waals surface area contributed by atoms with Crippen LogP contribution in [0.5, 0.6) is 0 Å². The Morgan fingerprint density at radius 1 is 1.20 bits per heavy atom. The van der Waals surface area contributed by atoms with E-state index in [1.54, 1.807) is 48.3 Å². The minimum absolute atomic E-state index is 0.132. The van der Waals surface area contributed by atoms with Crippen LogP contribution in [0.3, 0.4) is 0 Å². The number of nitrogens with zero attached hydrogens (tertiary/aromatic N) is 2. The van der Waals surface area contributed by atoms with Gasteiger partial charge in [-0.25, -0.2) is 4.39 Å². The molecule has 0 unspecified atom stereocenters. The van der Waals surface area contributed by atoms with Crippen LogP contribution in [0.1, 0.15) is 22.8 Å². The maximum Gasteiger partial charge on any atom is 0.161 e. The number of rotatable bonds is 3. The summed E-state index contributed by atoms with van der Waals surface area (Å²) in [6.07, 6.45) is 0. The van der Waals surface area contributed by atoms with Gasteiger partial charge in [0.15, 0.2) is 5.78 Å². The fourth-order valence-electron chi connectivity index (χ4n) is 2.03. The van der Waals surface area contributed by atoms with Crippen LogP contribution in [-0.2, 0) is 0 Å². The molecule has 0 aliphatic heterocycles. The van der Waals surface area contributed by atoms with E-state index in [1.807, 2.05) is 6.07 Å². The normalized spacial score (nSPS) is 9.90. The Labute approximate surface area is 116 Å². The van der Waals surface area contributed by atoms with Crippen molar-refractivity contribution in [2.45, 2.75) is 6.92 Å². The summed E-state index contributed by atoms with van der Waals surface area (Å²) in [6, 6.07) is 13.1. The van der Waals surface area contributed by atoms with Gasteiger partial charge in [-0.1, -0.05) is 12.1 Å². The van der Waals surface area contributed by atoms with E-state index >= 15 is 0 Å². The lowest BCUT2D eigenvalue weighted by Crippen LogP contribution is -2.15. The minimum atomic E-state index is -0.383. The molecule has 0 saturated heterocycles. The zero-order valence-corrected chi connectivity index (χ0v) is 11.2. The number of nitriles is 1. The van der Waals surface area contributed by atoms with E-state index < -0.39 is 0 Å². The number of carbonyl (C=O) groups is 1. The van der Waals surface area contributed by atoms with Crippen molar-refractivity contribution >= 4 is 17.2 Å². The molecule has 0 N–H and O–H groups in total. The molecule has 20 heavy (non-hydrogen) atoms. The van der Waals surface area contributed by atoms with Crippen LogP contribution in [0.25, 0.3) is 0 Å². The highest BCUT2D eigenvalue weighted by Gasteiger charge is 2.15. The van der Waals surface area contributed by atoms with Crippen LogP contribution in [0.4, 0.5) is 15.8 Å². The molecule has 0 spiro atoms. The molecule has 3 nitrogen and oxygen atoms in total. The monoisotopic (exact) mass is 268 g/mol. The number of ketones is 1. The van der Waals surface area contributed by atoms with Gasteiger partial charge in [0.25, 0.3) is 0 Å². The van der Waals surface area contributed by atoms with Gasteiger partial charge in [-0.05, 0) is 37.3 Å². The zero-order valence-electron chi connectivity index (χ0n) is 11.2. The van der Waals surface area contributed by atoms with Crippen LogP contribution in [-0.4, -0.2) is 12.8 Å². The van der Waals surface area contributed by atoms with Crippen LogP contribution < -0.4 is 4.90 Å². The summed E-state index contributed by atoms with van der Waals surface area (Å²) in [4.78, 5) is 13.3. The first kappa shape index (κ1) is 13.8. The molecule has 0 aliphatic rings. The number of hydrogen-bond acceptors (Lipinski definition) is 3. The molecule has 0 atom stereocenters. The van der Waals surface area contributed by atoms with Gasteiger partial charge in [0.05, 0.1) is 23.0 Å². The summed E-state index contributed by atoms with van der Waals surface area (Å²) < 4.78 is 13.8. The molecule has 2 aromatic carbocycles. The zero-order chi connectivity index (χ0) is 14.7. The molecular formula is C16H13FN2O. The molecule has 0 aliphatic carbocycles. The van der Waals surface area contributed by atoms with Crippen LogP contribution in [0.15, 0.2) is 42.5 Å². The molecule has 0 heterocycles. The average Bonchev–Trinajstić information content (AvgIpc) is 2.46. The van der Waals surface area contributed by atoms with E-state index in [4.69, 9.17) is 5.26 Å². The quantitative estimate of drug-likeness (QED) is 0.798. The number of halogens is 1. The fraction of sp³-hybridized carbons (Fsp3) is 0.125. The van der Waals surface area contributed by atoms with Crippen LogP contribution >= 0.6 is 0 Å². The third kappa shape index (κ3) is 2.52. The first-order valence-electron chi connectivity index (χ1n) is 6.08. The highest BCUT2D eigenvalue weighted by Crippen LogP contribution is 2.30. The second kappa shape index (κ2) is 5.54. The Bertz CT molecular complexity index is 704. The lowest BCUT2D eigenvalue weighted by Gasteiger charge is -2.22. The van der Waals surface area contributed by atoms with Crippen molar-refractivity contribution in [3.63, 3.8) is 0 Å². The summed E-state index contributed by atoms with van der Waals surface area (Å²) in [6.45, 7) is 1.44. The summed E-state index contributed by atoms with van der Waals surface area (Å²) in [5, 5.41) is 8.97. The van der Waals surface area contributed by atoms with Crippen molar-refractivity contribution < 1.29 is 9.18 Å². The smallest absolute Gasteiger partial charge is 0.161 e. The van der Waals surface area contributed by atoms with Gasteiger partial charge in [-0.3, -0.25) is 4.79 Å². The summed E-state index contributed by atoms with van der Waals surface area (Å²) in [5.41, 5.74) is 1.75. The number of hydrogen-bond donors (Lipinski definition) is 0. The number of benzene rings is 2. The predicted molar refractivity (Wildman–Crippen MR) is 75.6 cm³/mol. The molecule has 100 valence electrons. The van der Waals surface area contributed by atoms with Gasteiger partial charge in [0.1, 0.15) is 5.82 Å². The third-order valence-corrected chi connectivity index (χ3v) is 3.08. The fourth-order valence-corrected chi connectivity index (χ4v) is 2.03. The summed E-state index contributed by atoms with van der Waals surface area (Å²) in [5.74, 6) is -0.514. The topological polar surface area (TPSA) is 44.1 Å². The standard InChI is InChI=1S/C16H13FN2O/c1-11(20)13-8-7-12(10-18)9-16(13)19(2)15-6-4-3-5-14(15)17/h3-9H,1-2H3. The lowest BCUT2D eigenvalue weighted by molar-refractivity contribution is 0.101. The van der Waals surface area contributed by atoms with Crippen molar-refractivity contribution in [1.29, 1.82) is 5.26 Å². The average molecular weight is 268 g/mol. The van der Waals surface area contributed by atoms with Gasteiger partial charge in [-0.15, -0.1) is 0 Å². The van der Waals surface area contributed by atoms with Crippen molar-refractivity contribution in [2.24, 2.45) is 0 Å². The Morgan fingerprint density at radius 3 is 2.50 bits per heavy atom. The Kier molecular flexibility index (Phi) is 3.81. The molecule has 0 saturated carbocycles. The highest BCUT2D eigenvalue weighted by atomic mass is 19.1. The highest BCUT2D eigenvalue weighted by molar-refractivity contribution is 6.00. The van der Waals surface area contributed by atoms with Crippen molar-refractivity contribution in [3.8, 4) is 6.07 Å². The summed E-state index contributed by atoms with van der Waals surface area (Å²) >= 11 is 0. The van der Waals surface area contributed by atoms with E-state index in [2.05, 4.69) is 0 Å². The maximum atomic E-state index is 13.8. The van der Waals surface area contributed by atoms with E-state index in [-0.39, 0.29) is 11.6 Å². The van der Waals surface area contributed by atoms with Crippen molar-refractivity contribution in [3.05, 3.63) is 59.4 Å². The molecule has 2 aromatic rings. The minimum Gasteiger partial charge on any atom is -0.342 e. The third-order valence-electron chi connectivity index (χ3n) is 3.08. The molecule has 2 rings (SSSR count). The first-order chi connectivity index (χ1) is 9.54. The number of anilines is 2. The van der Waals surface area contributed by atoms with E-state index in [0.717, 1.165) is 0 Å². The van der Waals surface area contributed by atoms with Gasteiger partial charge in [-0.2, -0.15) is 5.26 Å². The second-order valence-corrected chi connectivity index (χ2v) is 4.41.